The van der Waals surface area contributed by atoms with Gasteiger partial charge in [-0.15, -0.1) is 11.3 Å². The van der Waals surface area contributed by atoms with Crippen molar-refractivity contribution >= 4 is 37.3 Å². The van der Waals surface area contributed by atoms with Gasteiger partial charge in [-0.05, 0) is 40.8 Å². The number of hydrogen-bond donors (Lipinski definition) is 1. The molecule has 1 aliphatic carbocycles. The van der Waals surface area contributed by atoms with E-state index in [0.29, 0.717) is 29.4 Å². The highest BCUT2D eigenvalue weighted by Crippen LogP contribution is 2.33. The van der Waals surface area contributed by atoms with Gasteiger partial charge in [0.1, 0.15) is 4.90 Å². The van der Waals surface area contributed by atoms with Gasteiger partial charge >= 0.3 is 0 Å². The molecule has 1 saturated carbocycles. The van der Waals surface area contributed by atoms with Crippen molar-refractivity contribution < 1.29 is 13.2 Å². The summed E-state index contributed by atoms with van der Waals surface area (Å²) in [5.74, 6) is 0.690. The first-order chi connectivity index (χ1) is 9.45. The van der Waals surface area contributed by atoms with Crippen LogP contribution in [-0.4, -0.2) is 39.5 Å². The highest BCUT2D eigenvalue weighted by Gasteiger charge is 2.26. The van der Waals surface area contributed by atoms with Crippen LogP contribution in [0, 0.1) is 5.92 Å². The van der Waals surface area contributed by atoms with Crippen LogP contribution in [0.5, 0.6) is 0 Å². The summed E-state index contributed by atoms with van der Waals surface area (Å²) in [6.45, 7) is 1.87. The zero-order valence-electron chi connectivity index (χ0n) is 11.3. The highest BCUT2D eigenvalue weighted by molar-refractivity contribution is 9.11. The summed E-state index contributed by atoms with van der Waals surface area (Å²) < 4.78 is 32.3. The minimum absolute atomic E-state index is 0.285. The average Bonchev–Trinajstić information content (AvgIpc) is 3.15. The van der Waals surface area contributed by atoms with Crippen LogP contribution in [0.4, 0.5) is 0 Å². The Morgan fingerprint density at radius 3 is 2.80 bits per heavy atom. The number of nitrogens with two attached hydrogens (primary N) is 1. The topological polar surface area (TPSA) is 72.6 Å². The van der Waals surface area contributed by atoms with Gasteiger partial charge in [0.2, 0.25) is 10.0 Å². The molecule has 0 unspecified atom stereocenters. The van der Waals surface area contributed by atoms with E-state index < -0.39 is 10.0 Å². The third-order valence-electron chi connectivity index (χ3n) is 3.20. The standard InChI is InChI=1S/C12H19BrN2O3S2/c1-15(4-5-18-8-9-2-3-9)20(16,17)11-6-10(7-14)19-12(11)13/h6,9H,2-5,7-8,14H2,1H3. The summed E-state index contributed by atoms with van der Waals surface area (Å²) >= 11 is 4.65. The average molecular weight is 383 g/mol. The molecule has 2 rings (SSSR count). The lowest BCUT2D eigenvalue weighted by atomic mass is 10.5. The van der Waals surface area contributed by atoms with Crippen LogP contribution in [0.2, 0.25) is 0 Å². The van der Waals surface area contributed by atoms with Gasteiger partial charge in [0.15, 0.2) is 0 Å². The molecular formula is C12H19BrN2O3S2. The summed E-state index contributed by atoms with van der Waals surface area (Å²) in [5, 5.41) is 0. The molecule has 1 heterocycles. The molecule has 5 nitrogen and oxygen atoms in total. The first-order valence-corrected chi connectivity index (χ1v) is 9.52. The molecule has 1 aromatic heterocycles. The van der Waals surface area contributed by atoms with Crippen LogP contribution in [0.1, 0.15) is 17.7 Å². The van der Waals surface area contributed by atoms with Crippen molar-refractivity contribution in [2.24, 2.45) is 11.7 Å². The normalized spacial score (nSPS) is 16.0. The molecule has 2 N–H and O–H groups in total. The maximum absolute atomic E-state index is 12.4. The van der Waals surface area contributed by atoms with E-state index in [4.69, 9.17) is 10.5 Å². The van der Waals surface area contributed by atoms with Gasteiger partial charge in [0, 0.05) is 31.6 Å². The van der Waals surface area contributed by atoms with Crippen molar-refractivity contribution in [1.29, 1.82) is 0 Å². The van der Waals surface area contributed by atoms with Crippen LogP contribution in [-0.2, 0) is 21.3 Å². The van der Waals surface area contributed by atoms with Crippen LogP contribution in [0.15, 0.2) is 14.7 Å². The molecule has 1 aromatic rings. The number of likely N-dealkylation sites (N-methyl/N-ethyl adjacent to an activating group) is 1. The van der Waals surface area contributed by atoms with E-state index in [0.717, 1.165) is 11.5 Å². The number of ether oxygens (including phenoxy) is 1. The summed E-state index contributed by atoms with van der Waals surface area (Å²) in [4.78, 5) is 1.13. The van der Waals surface area contributed by atoms with Gasteiger partial charge in [-0.2, -0.15) is 4.31 Å². The van der Waals surface area contributed by atoms with Crippen molar-refractivity contribution in [3.63, 3.8) is 0 Å². The minimum Gasteiger partial charge on any atom is -0.380 e. The Balaban J connectivity index is 1.94. The number of sulfonamides is 1. The number of thiophene rings is 1. The fourth-order valence-electron chi connectivity index (χ4n) is 1.69. The molecule has 0 aliphatic heterocycles. The van der Waals surface area contributed by atoms with E-state index in [1.165, 1.54) is 28.5 Å². The maximum atomic E-state index is 12.4. The predicted octanol–water partition coefficient (Wildman–Crippen LogP) is 2.02. The molecule has 0 atom stereocenters. The summed E-state index contributed by atoms with van der Waals surface area (Å²) in [6.07, 6.45) is 2.47. The van der Waals surface area contributed by atoms with Crippen LogP contribution in [0.25, 0.3) is 0 Å². The fourth-order valence-corrected chi connectivity index (χ4v) is 5.35. The van der Waals surface area contributed by atoms with Crippen molar-refractivity contribution in [2.75, 3.05) is 26.8 Å². The Morgan fingerprint density at radius 2 is 2.25 bits per heavy atom. The molecule has 0 bridgehead atoms. The molecule has 1 fully saturated rings. The summed E-state index contributed by atoms with van der Waals surface area (Å²) in [6, 6.07) is 1.63. The first-order valence-electron chi connectivity index (χ1n) is 6.47. The minimum atomic E-state index is -3.48. The van der Waals surface area contributed by atoms with Crippen molar-refractivity contribution in [3.8, 4) is 0 Å². The molecule has 0 radical (unpaired) electrons. The highest BCUT2D eigenvalue weighted by atomic mass is 79.9. The Labute approximate surface area is 132 Å². The van der Waals surface area contributed by atoms with Gasteiger partial charge < -0.3 is 10.5 Å². The van der Waals surface area contributed by atoms with E-state index in [1.807, 2.05) is 0 Å². The molecular weight excluding hydrogens is 364 g/mol. The van der Waals surface area contributed by atoms with Gasteiger partial charge in [-0.3, -0.25) is 0 Å². The molecule has 8 heteroatoms. The van der Waals surface area contributed by atoms with Gasteiger partial charge in [-0.1, -0.05) is 0 Å². The zero-order valence-corrected chi connectivity index (χ0v) is 14.6. The van der Waals surface area contributed by atoms with Gasteiger partial charge in [0.05, 0.1) is 10.4 Å². The van der Waals surface area contributed by atoms with E-state index in [9.17, 15) is 8.42 Å². The summed E-state index contributed by atoms with van der Waals surface area (Å²) in [7, 11) is -1.91. The number of nitrogens with zero attached hydrogens (tertiary/aromatic N) is 1. The molecule has 114 valence electrons. The predicted molar refractivity (Wildman–Crippen MR) is 83.3 cm³/mol. The van der Waals surface area contributed by atoms with E-state index >= 15 is 0 Å². The number of hydrogen-bond acceptors (Lipinski definition) is 5. The van der Waals surface area contributed by atoms with Crippen molar-refractivity contribution in [1.82, 2.24) is 4.31 Å². The van der Waals surface area contributed by atoms with E-state index in [1.54, 1.807) is 13.1 Å². The number of rotatable bonds is 8. The van der Waals surface area contributed by atoms with Crippen molar-refractivity contribution in [2.45, 2.75) is 24.3 Å². The maximum Gasteiger partial charge on any atom is 0.244 e. The van der Waals surface area contributed by atoms with Crippen molar-refractivity contribution in [3.05, 3.63) is 14.7 Å². The lowest BCUT2D eigenvalue weighted by molar-refractivity contribution is 0.117. The second-order valence-electron chi connectivity index (χ2n) is 4.90. The molecule has 0 amide bonds. The third-order valence-corrected chi connectivity index (χ3v) is 7.33. The number of halogens is 1. The SMILES string of the molecule is CN(CCOCC1CC1)S(=O)(=O)c1cc(CN)sc1Br. The Morgan fingerprint density at radius 1 is 1.55 bits per heavy atom. The first kappa shape index (κ1) is 16.4. The van der Waals surface area contributed by atoms with Crippen LogP contribution >= 0.6 is 27.3 Å². The largest absolute Gasteiger partial charge is 0.380 e. The van der Waals surface area contributed by atoms with Gasteiger partial charge in [-0.25, -0.2) is 8.42 Å². The second kappa shape index (κ2) is 6.85. The fraction of sp³-hybridized carbons (Fsp3) is 0.667. The molecule has 20 heavy (non-hydrogen) atoms. The van der Waals surface area contributed by atoms with E-state index in [-0.39, 0.29) is 4.90 Å². The van der Waals surface area contributed by atoms with E-state index in [2.05, 4.69) is 15.9 Å². The zero-order chi connectivity index (χ0) is 14.8. The Bertz CT molecular complexity index is 555. The van der Waals surface area contributed by atoms with Crippen LogP contribution in [0.3, 0.4) is 0 Å². The lowest BCUT2D eigenvalue weighted by Crippen LogP contribution is -2.30. The molecule has 1 aliphatic rings. The smallest absolute Gasteiger partial charge is 0.244 e. The lowest BCUT2D eigenvalue weighted by Gasteiger charge is -2.16. The molecule has 0 saturated heterocycles. The van der Waals surface area contributed by atoms with Crippen LogP contribution < -0.4 is 5.73 Å². The van der Waals surface area contributed by atoms with Gasteiger partial charge in [0.25, 0.3) is 0 Å². The molecule has 0 aromatic carbocycles. The second-order valence-corrected chi connectivity index (χ2v) is 9.37. The monoisotopic (exact) mass is 382 g/mol. The quantitative estimate of drug-likeness (QED) is 0.697. The molecule has 0 spiro atoms. The summed E-state index contributed by atoms with van der Waals surface area (Å²) in [5.41, 5.74) is 5.55. The Kier molecular flexibility index (Phi) is 5.61. The third kappa shape index (κ3) is 4.02. The Hall–Kier alpha value is 0.01000.